The summed E-state index contributed by atoms with van der Waals surface area (Å²) in [7, 11) is -3.88. The van der Waals surface area contributed by atoms with E-state index in [0.717, 1.165) is 7.05 Å². The van der Waals surface area contributed by atoms with E-state index in [2.05, 4.69) is 5.10 Å². The number of ketones is 1. The molecule has 10 heteroatoms. The summed E-state index contributed by atoms with van der Waals surface area (Å²) in [4.78, 5) is 23.5. The number of nitrogens with one attached hydrogen (secondary N) is 1. The fraction of sp³-hybridized carbons (Fsp3) is 0.300. The predicted octanol–water partition coefficient (Wildman–Crippen LogP) is -1.05. The van der Waals surface area contributed by atoms with Crippen molar-refractivity contribution in [3.63, 3.8) is 0 Å². The van der Waals surface area contributed by atoms with E-state index in [9.17, 15) is 22.6 Å². The average Bonchev–Trinajstić information content (AvgIpc) is 2.61. The number of nitrogens with two attached hydrogens (primary N) is 1. The van der Waals surface area contributed by atoms with Gasteiger partial charge in [0, 0.05) is 27.9 Å². The van der Waals surface area contributed by atoms with Crippen molar-refractivity contribution in [1.82, 2.24) is 10.3 Å². The van der Waals surface area contributed by atoms with Gasteiger partial charge in [-0.2, -0.15) is 13.5 Å². The Morgan fingerprint density at radius 2 is 2.35 bits per heavy atom. The molecule has 0 aromatic heterocycles. The quantitative estimate of drug-likeness (QED) is 0.337. The Hall–Kier alpha value is -2.20. The van der Waals surface area contributed by atoms with Crippen LogP contribution in [0.3, 0.4) is 0 Å². The van der Waals surface area contributed by atoms with Crippen LogP contribution in [0.1, 0.15) is 11.9 Å². The first-order valence-corrected chi connectivity index (χ1v) is 6.62. The molecule has 2 rings (SSSR count). The lowest BCUT2D eigenvalue weighted by molar-refractivity contribution is -0.109. The molecule has 108 valence electrons. The molecule has 1 aliphatic carbocycles. The zero-order valence-corrected chi connectivity index (χ0v) is 10.9. The van der Waals surface area contributed by atoms with Crippen LogP contribution in [0.2, 0.25) is 0 Å². The van der Waals surface area contributed by atoms with E-state index < -0.39 is 62.8 Å². The number of primary amides is 1. The van der Waals surface area contributed by atoms with Gasteiger partial charge in [0.2, 0.25) is 5.78 Å². The van der Waals surface area contributed by atoms with Gasteiger partial charge in [-0.25, -0.2) is 10.2 Å². The van der Waals surface area contributed by atoms with Gasteiger partial charge in [0.1, 0.15) is 5.71 Å². The van der Waals surface area contributed by atoms with Crippen LogP contribution in [0.15, 0.2) is 28.5 Å². The summed E-state index contributed by atoms with van der Waals surface area (Å²) in [6.45, 7) is 0. The molecule has 0 aromatic rings. The van der Waals surface area contributed by atoms with Crippen LogP contribution < -0.4 is 11.2 Å². The summed E-state index contributed by atoms with van der Waals surface area (Å²) in [6.07, 6.45) is -2.81. The number of nitrogens with zero attached hydrogens (tertiary/aromatic N) is 2. The smallest absolute Gasteiger partial charge is 0.332 e. The Kier molecular flexibility index (Phi) is 2.28. The van der Waals surface area contributed by atoms with Crippen molar-refractivity contribution in [3.8, 4) is 0 Å². The molecular weight excluding hydrogens is 288 g/mol. The first kappa shape index (κ1) is 9.66. The van der Waals surface area contributed by atoms with Crippen molar-refractivity contribution >= 4 is 27.6 Å². The predicted molar refractivity (Wildman–Crippen MR) is 69.0 cm³/mol. The maximum Gasteiger partial charge on any atom is 0.332 e. The van der Waals surface area contributed by atoms with Crippen LogP contribution in [0, 0.1) is 0 Å². The molecule has 9 nitrogen and oxygen atoms in total. The van der Waals surface area contributed by atoms with Crippen LogP contribution in [0.4, 0.5) is 4.79 Å². The van der Waals surface area contributed by atoms with Crippen LogP contribution in [-0.4, -0.2) is 47.8 Å². The number of likely N-dealkylation sites (N-methyl/N-ethyl adjacent to an activating group) is 1. The summed E-state index contributed by atoms with van der Waals surface area (Å²) in [5, 5.41) is 1.13. The summed E-state index contributed by atoms with van der Waals surface area (Å²) < 4.78 is 64.0. The Labute approximate surface area is 120 Å². The third kappa shape index (κ3) is 2.56. The lowest BCUT2D eigenvalue weighted by Crippen LogP contribution is -2.32. The highest BCUT2D eigenvalue weighted by Crippen LogP contribution is 2.35. The summed E-state index contributed by atoms with van der Waals surface area (Å²) in [5.41, 5.74) is 4.67. The van der Waals surface area contributed by atoms with Crippen molar-refractivity contribution in [2.45, 2.75) is 11.7 Å². The second-order valence-electron chi connectivity index (χ2n) is 3.86. The second-order valence-corrected chi connectivity index (χ2v) is 5.34. The van der Waals surface area contributed by atoms with E-state index >= 15 is 0 Å². The minimum atomic E-state index is -4.95. The van der Waals surface area contributed by atoms with Crippen molar-refractivity contribution in [1.29, 1.82) is 0 Å². The number of fused-ring (bicyclic) bond motifs is 1. The normalized spacial score (nSPS) is 30.7. The topological polar surface area (TPSA) is 142 Å². The number of carbonyl (C=O) groups is 2. The fourth-order valence-electron chi connectivity index (χ4n) is 1.63. The van der Waals surface area contributed by atoms with Crippen LogP contribution in [0.5, 0.6) is 0 Å². The van der Waals surface area contributed by atoms with Crippen LogP contribution >= 0.6 is 0 Å². The second kappa shape index (κ2) is 4.72. The number of amides is 2. The molecule has 1 unspecified atom stereocenters. The van der Waals surface area contributed by atoms with Crippen molar-refractivity contribution in [3.05, 3.63) is 23.4 Å². The first-order valence-electron chi connectivity index (χ1n) is 7.11. The van der Waals surface area contributed by atoms with Gasteiger partial charge < -0.3 is 10.6 Å². The van der Waals surface area contributed by atoms with Crippen molar-refractivity contribution < 1.29 is 28.0 Å². The fourth-order valence-corrected chi connectivity index (χ4v) is 2.41. The standard InChI is InChI=1S/C10H12N4O5S/c1-14-7-4-8(15)6(12-13-10(11)16)2-5(7)3-9(14)20(17,18)19/h2,4,9H,3H2,1H3,(H3,11,13,16)(H,17,18,19)/b12-6-/i2D,3D2,4D. The highest BCUT2D eigenvalue weighted by atomic mass is 32.2. The SMILES string of the molecule is [2H]C1=C2C(=C([2H])/C(=N/NC(N)=O)C1=O)C([2H])([2H])C(S(=O)(=O)O)N2C. The number of urea groups is 1. The summed E-state index contributed by atoms with van der Waals surface area (Å²) >= 11 is 0. The van der Waals surface area contributed by atoms with E-state index in [4.69, 9.17) is 11.2 Å². The van der Waals surface area contributed by atoms with E-state index in [1.165, 1.54) is 0 Å². The molecule has 1 fully saturated rings. The Morgan fingerprint density at radius 3 is 2.90 bits per heavy atom. The molecule has 0 spiro atoms. The zero-order valence-electron chi connectivity index (χ0n) is 14.0. The number of carbonyl (C=O) groups excluding carboxylic acids is 2. The molecule has 20 heavy (non-hydrogen) atoms. The van der Waals surface area contributed by atoms with E-state index in [0.29, 0.717) is 4.90 Å². The van der Waals surface area contributed by atoms with Crippen LogP contribution in [-0.2, 0) is 14.9 Å². The summed E-state index contributed by atoms with van der Waals surface area (Å²) in [5.74, 6) is -1.13. The molecule has 2 amide bonds. The largest absolute Gasteiger partial charge is 0.356 e. The molecule has 2 aliphatic rings. The lowest BCUT2D eigenvalue weighted by atomic mass is 10.0. The third-order valence-electron chi connectivity index (χ3n) is 2.46. The monoisotopic (exact) mass is 304 g/mol. The minimum Gasteiger partial charge on any atom is -0.356 e. The number of hydrogen-bond donors (Lipinski definition) is 3. The molecule has 1 aliphatic heterocycles. The van der Waals surface area contributed by atoms with Gasteiger partial charge in [-0.15, -0.1) is 0 Å². The Balaban J connectivity index is 2.78. The van der Waals surface area contributed by atoms with Gasteiger partial charge in [0.25, 0.3) is 10.1 Å². The van der Waals surface area contributed by atoms with Crippen LogP contribution in [0.25, 0.3) is 0 Å². The van der Waals surface area contributed by atoms with Gasteiger partial charge in [-0.05, 0) is 11.6 Å². The number of hydrazone groups is 1. The molecule has 1 saturated heterocycles. The number of hydrogen-bond acceptors (Lipinski definition) is 6. The molecule has 0 bridgehead atoms. The zero-order chi connectivity index (χ0) is 18.6. The van der Waals surface area contributed by atoms with E-state index in [-0.39, 0.29) is 0 Å². The molecule has 0 saturated carbocycles. The van der Waals surface area contributed by atoms with E-state index in [1.807, 2.05) is 0 Å². The Bertz CT molecular complexity index is 847. The maximum absolute atomic E-state index is 12.1. The van der Waals surface area contributed by atoms with Gasteiger partial charge in [-0.3, -0.25) is 9.35 Å². The summed E-state index contributed by atoms with van der Waals surface area (Å²) in [6, 6.07) is -2.80. The van der Waals surface area contributed by atoms with E-state index in [1.54, 1.807) is 5.43 Å². The average molecular weight is 304 g/mol. The van der Waals surface area contributed by atoms with Gasteiger partial charge >= 0.3 is 6.03 Å². The van der Waals surface area contributed by atoms with Gasteiger partial charge in [-0.1, -0.05) is 0 Å². The number of likely N-dealkylation sites (tertiary alicyclic amines) is 1. The third-order valence-corrected chi connectivity index (χ3v) is 3.46. The van der Waals surface area contributed by atoms with Gasteiger partial charge in [0.05, 0.1) is 2.74 Å². The molecule has 1 heterocycles. The van der Waals surface area contributed by atoms with Gasteiger partial charge in [0.15, 0.2) is 5.37 Å². The maximum atomic E-state index is 12.1. The number of rotatable bonds is 2. The minimum absolute atomic E-state index is 0.448. The van der Waals surface area contributed by atoms with Crippen molar-refractivity contribution in [2.75, 3.05) is 7.05 Å². The number of allylic oxidation sites excluding steroid dienone is 3. The first-order chi connectivity index (χ1) is 10.8. The molecular formula is C10H12N4O5S. The Morgan fingerprint density at radius 1 is 1.70 bits per heavy atom. The highest BCUT2D eigenvalue weighted by molar-refractivity contribution is 7.86. The molecule has 0 radical (unpaired) electrons. The van der Waals surface area contributed by atoms with Crippen molar-refractivity contribution in [2.24, 2.45) is 10.8 Å². The lowest BCUT2D eigenvalue weighted by Gasteiger charge is -2.20. The molecule has 1 atom stereocenters. The molecule has 0 aromatic carbocycles. The molecule has 4 N–H and O–H groups in total. The highest BCUT2D eigenvalue weighted by Gasteiger charge is 2.39.